The first-order chi connectivity index (χ1) is 8.60. The van der Waals surface area contributed by atoms with Crippen LogP contribution in [0.15, 0.2) is 0 Å². The van der Waals surface area contributed by atoms with Gasteiger partial charge in [0.2, 0.25) is 5.91 Å². The van der Waals surface area contributed by atoms with E-state index < -0.39 is 33.7 Å². The molecule has 0 saturated heterocycles. The Morgan fingerprint density at radius 2 is 1.84 bits per heavy atom. The lowest BCUT2D eigenvalue weighted by Crippen LogP contribution is -2.42. The van der Waals surface area contributed by atoms with Gasteiger partial charge in [0.05, 0.1) is 17.6 Å². The highest BCUT2D eigenvalue weighted by atomic mass is 32.2. The Balaban J connectivity index is 2.64. The molecule has 1 aliphatic carbocycles. The molecule has 4 unspecified atom stereocenters. The number of aliphatic carboxylic acids is 1. The van der Waals surface area contributed by atoms with Crippen LogP contribution in [0.2, 0.25) is 0 Å². The van der Waals surface area contributed by atoms with Crippen molar-refractivity contribution in [3.05, 3.63) is 0 Å². The zero-order valence-electron chi connectivity index (χ0n) is 11.4. The van der Waals surface area contributed by atoms with E-state index in [-0.39, 0.29) is 17.6 Å². The minimum absolute atomic E-state index is 0.140. The zero-order chi connectivity index (χ0) is 14.8. The maximum Gasteiger partial charge on any atom is 0.307 e. The smallest absolute Gasteiger partial charge is 0.307 e. The maximum absolute atomic E-state index is 12.0. The maximum atomic E-state index is 12.0. The molecule has 1 saturated carbocycles. The molecule has 1 rings (SSSR count). The highest BCUT2D eigenvalue weighted by molar-refractivity contribution is 7.90. The Kier molecular flexibility index (Phi) is 4.95. The second-order valence-corrected chi connectivity index (χ2v) is 7.81. The standard InChI is InChI=1S/C12H21NO5S/c1-7-4-9(10(5-7)12(15)16)11(14)13-8(2)6-19(3,17)18/h7-10H,4-6H2,1-3H3,(H,13,14)(H,15,16). The van der Waals surface area contributed by atoms with Crippen LogP contribution in [-0.4, -0.2) is 43.5 Å². The molecule has 1 fully saturated rings. The Bertz CT molecular complexity index is 459. The van der Waals surface area contributed by atoms with Crippen LogP contribution in [0.1, 0.15) is 26.7 Å². The van der Waals surface area contributed by atoms with Crippen LogP contribution >= 0.6 is 0 Å². The molecule has 19 heavy (non-hydrogen) atoms. The van der Waals surface area contributed by atoms with Crippen molar-refractivity contribution in [2.24, 2.45) is 17.8 Å². The summed E-state index contributed by atoms with van der Waals surface area (Å²) < 4.78 is 22.2. The molecule has 2 N–H and O–H groups in total. The van der Waals surface area contributed by atoms with Gasteiger partial charge in [-0.2, -0.15) is 0 Å². The predicted molar refractivity (Wildman–Crippen MR) is 70.3 cm³/mol. The van der Waals surface area contributed by atoms with Crippen molar-refractivity contribution >= 4 is 21.7 Å². The van der Waals surface area contributed by atoms with E-state index in [0.29, 0.717) is 12.8 Å². The summed E-state index contributed by atoms with van der Waals surface area (Å²) >= 11 is 0. The highest BCUT2D eigenvalue weighted by Gasteiger charge is 2.41. The summed E-state index contributed by atoms with van der Waals surface area (Å²) in [6.07, 6.45) is 2.13. The number of rotatable bonds is 5. The van der Waals surface area contributed by atoms with Crippen molar-refractivity contribution in [1.82, 2.24) is 5.32 Å². The number of carboxylic acids is 1. The number of carbonyl (C=O) groups is 2. The van der Waals surface area contributed by atoms with E-state index in [1.54, 1.807) is 6.92 Å². The number of hydrogen-bond acceptors (Lipinski definition) is 4. The van der Waals surface area contributed by atoms with Crippen LogP contribution in [0.5, 0.6) is 0 Å². The zero-order valence-corrected chi connectivity index (χ0v) is 12.2. The monoisotopic (exact) mass is 291 g/mol. The molecular weight excluding hydrogens is 270 g/mol. The van der Waals surface area contributed by atoms with Crippen molar-refractivity contribution in [3.63, 3.8) is 0 Å². The minimum Gasteiger partial charge on any atom is -0.481 e. The SMILES string of the molecule is CC1CC(C(=O)O)C(C(=O)NC(C)CS(C)(=O)=O)C1. The van der Waals surface area contributed by atoms with Crippen molar-refractivity contribution < 1.29 is 23.1 Å². The van der Waals surface area contributed by atoms with E-state index in [2.05, 4.69) is 5.32 Å². The van der Waals surface area contributed by atoms with Gasteiger partial charge in [0.25, 0.3) is 0 Å². The van der Waals surface area contributed by atoms with Gasteiger partial charge >= 0.3 is 5.97 Å². The molecule has 1 aliphatic rings. The predicted octanol–water partition coefficient (Wildman–Crippen LogP) is 0.283. The molecule has 0 aromatic carbocycles. The summed E-state index contributed by atoms with van der Waals surface area (Å²) in [5, 5.41) is 11.7. The first-order valence-electron chi connectivity index (χ1n) is 6.31. The number of sulfone groups is 1. The fourth-order valence-electron chi connectivity index (χ4n) is 2.70. The third-order valence-corrected chi connectivity index (χ3v) is 4.50. The topological polar surface area (TPSA) is 101 Å². The number of carbonyl (C=O) groups excluding carboxylic acids is 1. The van der Waals surface area contributed by atoms with Crippen LogP contribution in [0.4, 0.5) is 0 Å². The van der Waals surface area contributed by atoms with E-state index in [9.17, 15) is 18.0 Å². The van der Waals surface area contributed by atoms with E-state index >= 15 is 0 Å². The Morgan fingerprint density at radius 3 is 2.32 bits per heavy atom. The third kappa shape index (κ3) is 4.81. The first-order valence-corrected chi connectivity index (χ1v) is 8.37. The normalized spacial score (nSPS) is 28.9. The summed E-state index contributed by atoms with van der Waals surface area (Å²) in [6, 6.07) is -0.507. The van der Waals surface area contributed by atoms with E-state index in [1.165, 1.54) is 0 Å². The quantitative estimate of drug-likeness (QED) is 0.758. The van der Waals surface area contributed by atoms with E-state index in [0.717, 1.165) is 6.26 Å². The fraction of sp³-hybridized carbons (Fsp3) is 0.833. The average molecular weight is 291 g/mol. The van der Waals surface area contributed by atoms with Crippen molar-refractivity contribution in [3.8, 4) is 0 Å². The highest BCUT2D eigenvalue weighted by Crippen LogP contribution is 2.36. The third-order valence-electron chi connectivity index (χ3n) is 3.39. The lowest BCUT2D eigenvalue weighted by molar-refractivity contribution is -0.146. The van der Waals surface area contributed by atoms with Crippen molar-refractivity contribution in [1.29, 1.82) is 0 Å². The lowest BCUT2D eigenvalue weighted by Gasteiger charge is -2.19. The molecule has 0 bridgehead atoms. The van der Waals surface area contributed by atoms with Gasteiger partial charge in [-0.1, -0.05) is 6.92 Å². The summed E-state index contributed by atoms with van der Waals surface area (Å²) in [7, 11) is -3.16. The van der Waals surface area contributed by atoms with Gasteiger partial charge in [-0.25, -0.2) is 8.42 Å². The number of carboxylic acid groups (broad SMARTS) is 1. The van der Waals surface area contributed by atoms with Gasteiger partial charge in [0.1, 0.15) is 9.84 Å². The molecule has 4 atom stereocenters. The van der Waals surface area contributed by atoms with Crippen molar-refractivity contribution in [2.45, 2.75) is 32.7 Å². The largest absolute Gasteiger partial charge is 0.481 e. The molecule has 0 aliphatic heterocycles. The second kappa shape index (κ2) is 5.90. The summed E-state index contributed by atoms with van der Waals surface area (Å²) in [5.74, 6) is -2.48. The Labute approximate surface area is 113 Å². The Morgan fingerprint density at radius 1 is 1.32 bits per heavy atom. The van der Waals surface area contributed by atoms with Gasteiger partial charge in [-0.3, -0.25) is 9.59 Å². The number of nitrogens with one attached hydrogen (secondary N) is 1. The minimum atomic E-state index is -3.16. The molecule has 7 heteroatoms. The van der Waals surface area contributed by atoms with Crippen LogP contribution in [0.3, 0.4) is 0 Å². The van der Waals surface area contributed by atoms with Crippen LogP contribution < -0.4 is 5.32 Å². The summed E-state index contributed by atoms with van der Waals surface area (Å²) in [4.78, 5) is 23.1. The fourth-order valence-corrected chi connectivity index (χ4v) is 3.69. The first kappa shape index (κ1) is 15.9. The lowest BCUT2D eigenvalue weighted by atomic mass is 9.95. The molecule has 110 valence electrons. The van der Waals surface area contributed by atoms with Crippen LogP contribution in [0, 0.1) is 17.8 Å². The van der Waals surface area contributed by atoms with Gasteiger partial charge in [-0.05, 0) is 25.7 Å². The molecule has 1 amide bonds. The molecule has 6 nitrogen and oxygen atoms in total. The molecule has 0 radical (unpaired) electrons. The van der Waals surface area contributed by atoms with Crippen LogP contribution in [0.25, 0.3) is 0 Å². The molecule has 0 heterocycles. The Hall–Kier alpha value is -1.11. The van der Waals surface area contributed by atoms with Crippen molar-refractivity contribution in [2.75, 3.05) is 12.0 Å². The van der Waals surface area contributed by atoms with Gasteiger partial charge < -0.3 is 10.4 Å². The number of amides is 1. The molecule has 0 aromatic heterocycles. The van der Waals surface area contributed by atoms with E-state index in [1.807, 2.05) is 6.92 Å². The molecule has 0 spiro atoms. The van der Waals surface area contributed by atoms with E-state index in [4.69, 9.17) is 5.11 Å². The van der Waals surface area contributed by atoms with Gasteiger partial charge in [0.15, 0.2) is 0 Å². The van der Waals surface area contributed by atoms with Gasteiger partial charge in [0, 0.05) is 12.3 Å². The molecular formula is C12H21NO5S. The van der Waals surface area contributed by atoms with Crippen LogP contribution in [-0.2, 0) is 19.4 Å². The summed E-state index contributed by atoms with van der Waals surface area (Å²) in [6.45, 7) is 3.52. The second-order valence-electron chi connectivity index (χ2n) is 5.63. The average Bonchev–Trinajstić information content (AvgIpc) is 2.57. The number of hydrogen-bond donors (Lipinski definition) is 2. The molecule has 0 aromatic rings. The summed E-state index contributed by atoms with van der Waals surface area (Å²) in [5.41, 5.74) is 0. The van der Waals surface area contributed by atoms with Gasteiger partial charge in [-0.15, -0.1) is 0 Å².